The number of aliphatic hydroxyl groups is 1. The Hall–Kier alpha value is -1.84. The van der Waals surface area contributed by atoms with Crippen LogP contribution >= 0.6 is 0 Å². The fraction of sp³-hybridized carbons (Fsp3) is 0.632. The molecule has 0 unspecified atom stereocenters. The number of carbonyl (C=O) groups is 1. The van der Waals surface area contributed by atoms with E-state index in [1.807, 2.05) is 0 Å². The number of hydrogen-bond donors (Lipinski definition) is 2. The highest BCUT2D eigenvalue weighted by Crippen LogP contribution is 2.34. The molecule has 0 spiro atoms. The third-order valence-electron chi connectivity index (χ3n) is 3.94. The number of ether oxygens (including phenoxy) is 3. The first-order chi connectivity index (χ1) is 12.9. The smallest absolute Gasteiger partial charge is 0.416 e. The van der Waals surface area contributed by atoms with Crippen LogP contribution in [0, 0.1) is 0 Å². The molecule has 28 heavy (non-hydrogen) atoms. The van der Waals surface area contributed by atoms with Crippen LogP contribution in [0.5, 0.6) is 0 Å². The van der Waals surface area contributed by atoms with Crippen molar-refractivity contribution in [2.24, 2.45) is 0 Å². The van der Waals surface area contributed by atoms with Crippen LogP contribution < -0.4 is 5.32 Å². The zero-order chi connectivity index (χ0) is 21.1. The second kappa shape index (κ2) is 8.67. The van der Waals surface area contributed by atoms with Gasteiger partial charge in [0.2, 0.25) is 0 Å². The molecule has 6 nitrogen and oxygen atoms in total. The number of carbonyl (C=O) groups excluding carboxylic acids is 1. The monoisotopic (exact) mass is 405 g/mol. The predicted molar refractivity (Wildman–Crippen MR) is 94.6 cm³/mol. The molecule has 1 aromatic rings. The van der Waals surface area contributed by atoms with E-state index >= 15 is 0 Å². The molecule has 0 saturated heterocycles. The summed E-state index contributed by atoms with van der Waals surface area (Å²) in [7, 11) is 0. The molecule has 9 heteroatoms. The van der Waals surface area contributed by atoms with Crippen molar-refractivity contribution < 1.29 is 37.3 Å². The molecule has 1 aromatic carbocycles. The van der Waals surface area contributed by atoms with E-state index in [4.69, 9.17) is 14.2 Å². The number of amides is 1. The van der Waals surface area contributed by atoms with Crippen LogP contribution in [0.3, 0.4) is 0 Å². The van der Waals surface area contributed by atoms with Gasteiger partial charge in [0, 0.05) is 0 Å². The van der Waals surface area contributed by atoms with Gasteiger partial charge in [0.25, 0.3) is 0 Å². The van der Waals surface area contributed by atoms with Crippen LogP contribution in [-0.4, -0.2) is 42.2 Å². The van der Waals surface area contributed by atoms with Crippen molar-refractivity contribution in [3.63, 3.8) is 0 Å². The number of hydrogen-bond acceptors (Lipinski definition) is 5. The molecule has 0 aromatic heterocycles. The lowest BCUT2D eigenvalue weighted by Crippen LogP contribution is -2.42. The van der Waals surface area contributed by atoms with Gasteiger partial charge in [-0.3, -0.25) is 0 Å². The zero-order valence-electron chi connectivity index (χ0n) is 16.3. The third-order valence-corrected chi connectivity index (χ3v) is 3.94. The number of benzene rings is 1. The van der Waals surface area contributed by atoms with Crippen molar-refractivity contribution in [3.05, 3.63) is 34.9 Å². The molecule has 3 atom stereocenters. The highest BCUT2D eigenvalue weighted by Gasteiger charge is 2.35. The summed E-state index contributed by atoms with van der Waals surface area (Å²) in [5.41, 5.74) is -0.787. The maximum Gasteiger partial charge on any atom is 0.416 e. The normalized spacial score (nSPS) is 21.4. The number of alkyl carbamates (subject to hydrolysis) is 1. The van der Waals surface area contributed by atoms with Crippen molar-refractivity contribution in [1.82, 2.24) is 5.32 Å². The number of alkyl halides is 3. The summed E-state index contributed by atoms with van der Waals surface area (Å²) in [6.45, 7) is 6.60. The van der Waals surface area contributed by atoms with Gasteiger partial charge in [0.15, 0.2) is 0 Å². The molecule has 0 radical (unpaired) electrons. The topological polar surface area (TPSA) is 77.0 Å². The van der Waals surface area contributed by atoms with Crippen molar-refractivity contribution in [1.29, 1.82) is 0 Å². The van der Waals surface area contributed by atoms with Gasteiger partial charge >= 0.3 is 12.3 Å². The molecule has 0 aliphatic carbocycles. The maximum atomic E-state index is 13.1. The summed E-state index contributed by atoms with van der Waals surface area (Å²) in [4.78, 5) is 12.3. The van der Waals surface area contributed by atoms with Crippen molar-refractivity contribution in [3.8, 4) is 0 Å². The number of nitrogens with one attached hydrogen (secondary N) is 1. The molecule has 1 aliphatic heterocycles. The highest BCUT2D eigenvalue weighted by molar-refractivity contribution is 5.68. The van der Waals surface area contributed by atoms with Crippen molar-refractivity contribution >= 4 is 6.09 Å². The largest absolute Gasteiger partial charge is 0.444 e. The Labute approximate surface area is 162 Å². The summed E-state index contributed by atoms with van der Waals surface area (Å²) in [5.74, 6) is 0. The van der Waals surface area contributed by atoms with Crippen molar-refractivity contribution in [2.75, 3.05) is 13.2 Å². The van der Waals surface area contributed by atoms with E-state index in [1.165, 1.54) is 13.0 Å². The molecule has 1 amide bonds. The Morgan fingerprint density at radius 2 is 2.04 bits per heavy atom. The summed E-state index contributed by atoms with van der Waals surface area (Å²) in [6.07, 6.45) is -6.68. The van der Waals surface area contributed by atoms with E-state index in [2.05, 4.69) is 5.32 Å². The van der Waals surface area contributed by atoms with E-state index in [9.17, 15) is 23.1 Å². The van der Waals surface area contributed by atoms with E-state index in [1.54, 1.807) is 20.8 Å². The van der Waals surface area contributed by atoms with Crippen LogP contribution in [0.2, 0.25) is 0 Å². The Balaban J connectivity index is 2.36. The standard InChI is InChI=1S/C19H26F3NO5/c1-11(24)8-27-15-10-26-9-12-7-13(19(20,21)22)5-6-14(12)16(15)23-17(25)28-18(2,3)4/h5-7,11,15-16,24H,8-10H2,1-4H3,(H,23,25)/t11-,15+,16-/m0/s1. The van der Waals surface area contributed by atoms with Gasteiger partial charge in [0.05, 0.1) is 37.5 Å². The quantitative estimate of drug-likeness (QED) is 0.801. The molecule has 1 aliphatic rings. The van der Waals surface area contributed by atoms with Crippen LogP contribution in [0.4, 0.5) is 18.0 Å². The van der Waals surface area contributed by atoms with Crippen LogP contribution in [-0.2, 0) is 27.0 Å². The Morgan fingerprint density at radius 3 is 2.61 bits per heavy atom. The molecular weight excluding hydrogens is 379 g/mol. The molecular formula is C19H26F3NO5. The van der Waals surface area contributed by atoms with Gasteiger partial charge in [-0.15, -0.1) is 0 Å². The number of aliphatic hydroxyl groups excluding tert-OH is 1. The molecule has 2 N–H and O–H groups in total. The number of halogens is 3. The Morgan fingerprint density at radius 1 is 1.36 bits per heavy atom. The van der Waals surface area contributed by atoms with Gasteiger partial charge in [-0.2, -0.15) is 13.2 Å². The minimum absolute atomic E-state index is 0.0174. The van der Waals surface area contributed by atoms with Crippen molar-refractivity contribution in [2.45, 2.75) is 64.3 Å². The van der Waals surface area contributed by atoms with Crippen LogP contribution in [0.15, 0.2) is 18.2 Å². The summed E-state index contributed by atoms with van der Waals surface area (Å²) in [6, 6.07) is 2.48. The van der Waals surface area contributed by atoms with E-state index < -0.39 is 41.7 Å². The lowest BCUT2D eigenvalue weighted by Gasteiger charge is -2.29. The summed E-state index contributed by atoms with van der Waals surface area (Å²) >= 11 is 0. The van der Waals surface area contributed by atoms with Crippen LogP contribution in [0.25, 0.3) is 0 Å². The molecule has 158 valence electrons. The average molecular weight is 405 g/mol. The van der Waals surface area contributed by atoms with E-state index in [0.29, 0.717) is 11.1 Å². The highest BCUT2D eigenvalue weighted by atomic mass is 19.4. The lowest BCUT2D eigenvalue weighted by atomic mass is 9.95. The van der Waals surface area contributed by atoms with Gasteiger partial charge in [-0.1, -0.05) is 6.07 Å². The lowest BCUT2D eigenvalue weighted by molar-refractivity contribution is -0.137. The molecule has 0 fully saturated rings. The molecule has 2 rings (SSSR count). The van der Waals surface area contributed by atoms with Gasteiger partial charge in [-0.25, -0.2) is 4.79 Å². The Kier molecular flexibility index (Phi) is 6.95. The fourth-order valence-corrected chi connectivity index (χ4v) is 2.80. The molecule has 1 heterocycles. The minimum atomic E-state index is -4.49. The van der Waals surface area contributed by atoms with E-state index in [0.717, 1.165) is 12.1 Å². The predicted octanol–water partition coefficient (Wildman–Crippen LogP) is 3.57. The first-order valence-corrected chi connectivity index (χ1v) is 8.94. The number of fused-ring (bicyclic) bond motifs is 1. The molecule has 0 bridgehead atoms. The molecule has 0 saturated carbocycles. The minimum Gasteiger partial charge on any atom is -0.444 e. The first kappa shape index (κ1) is 22.4. The summed E-state index contributed by atoms with van der Waals surface area (Å²) in [5, 5.41) is 12.2. The zero-order valence-corrected chi connectivity index (χ0v) is 16.3. The fourth-order valence-electron chi connectivity index (χ4n) is 2.80. The first-order valence-electron chi connectivity index (χ1n) is 8.94. The third kappa shape index (κ3) is 6.35. The van der Waals surface area contributed by atoms with Gasteiger partial charge in [0.1, 0.15) is 11.7 Å². The van der Waals surface area contributed by atoms with Crippen LogP contribution in [0.1, 0.15) is 50.4 Å². The summed E-state index contributed by atoms with van der Waals surface area (Å²) < 4.78 is 55.6. The SMILES string of the molecule is C[C@H](O)CO[C@@H]1COCc2cc(C(F)(F)F)ccc2[C@@H]1NC(=O)OC(C)(C)C. The maximum absolute atomic E-state index is 13.1. The second-order valence-corrected chi connectivity index (χ2v) is 7.77. The van der Waals surface area contributed by atoms with Gasteiger partial charge in [-0.05, 0) is 51.0 Å². The van der Waals surface area contributed by atoms with E-state index in [-0.39, 0.29) is 19.8 Å². The number of rotatable bonds is 4. The van der Waals surface area contributed by atoms with Gasteiger partial charge < -0.3 is 24.6 Å². The average Bonchev–Trinajstić information content (AvgIpc) is 2.69. The Bertz CT molecular complexity index is 685. The second-order valence-electron chi connectivity index (χ2n) is 7.77.